The van der Waals surface area contributed by atoms with E-state index in [1.807, 2.05) is 25.1 Å². The van der Waals surface area contributed by atoms with Gasteiger partial charge in [0.05, 0.1) is 16.8 Å². The third-order valence-corrected chi connectivity index (χ3v) is 8.47. The number of nitrogens with one attached hydrogen (secondary N) is 1. The second-order valence-electron chi connectivity index (χ2n) is 9.62. The fourth-order valence-corrected chi connectivity index (χ4v) is 6.29. The molecule has 1 saturated carbocycles. The molecule has 1 unspecified atom stereocenters. The Labute approximate surface area is 199 Å². The number of hydrogen-bond donors (Lipinski definition) is 1. The highest BCUT2D eigenvalue weighted by molar-refractivity contribution is 7.19. The zero-order valence-corrected chi connectivity index (χ0v) is 20.3. The molecule has 33 heavy (non-hydrogen) atoms. The zero-order chi connectivity index (χ0) is 23.0. The minimum Gasteiger partial charge on any atom is -0.351 e. The third-order valence-electron chi connectivity index (χ3n) is 7.26. The van der Waals surface area contributed by atoms with Crippen LogP contribution in [0.3, 0.4) is 0 Å². The zero-order valence-electron chi connectivity index (χ0n) is 19.5. The molecule has 0 saturated heterocycles. The van der Waals surface area contributed by atoms with Crippen LogP contribution in [0.25, 0.3) is 10.2 Å². The van der Waals surface area contributed by atoms with Crippen LogP contribution in [0.15, 0.2) is 36.7 Å². The number of rotatable bonds is 5. The summed E-state index contributed by atoms with van der Waals surface area (Å²) in [5.74, 6) is -0.143. The average Bonchev–Trinajstić information content (AvgIpc) is 3.26. The first-order valence-electron chi connectivity index (χ1n) is 12.1. The molecule has 5 rings (SSSR count). The lowest BCUT2D eigenvalue weighted by molar-refractivity contribution is -0.134. The monoisotopic (exact) mass is 464 g/mol. The lowest BCUT2D eigenvalue weighted by Gasteiger charge is -2.44. The maximum absolute atomic E-state index is 13.8. The van der Waals surface area contributed by atoms with Crippen molar-refractivity contribution in [3.8, 4) is 0 Å². The molecule has 1 aliphatic carbocycles. The SMILES string of the molecule is CCc1cc2c(cc3n2CC(C)(C(=O)NC2CCCCCC2)N(Cc2cccnc2)C3=O)s1. The van der Waals surface area contributed by atoms with Crippen LogP contribution in [0.1, 0.15) is 73.3 Å². The first-order chi connectivity index (χ1) is 16.0. The summed E-state index contributed by atoms with van der Waals surface area (Å²) in [4.78, 5) is 34.9. The Bertz CT molecular complexity index is 1160. The predicted molar refractivity (Wildman–Crippen MR) is 131 cm³/mol. The molecule has 2 amide bonds. The second-order valence-corrected chi connectivity index (χ2v) is 10.8. The van der Waals surface area contributed by atoms with E-state index in [1.165, 1.54) is 17.7 Å². The van der Waals surface area contributed by atoms with Crippen molar-refractivity contribution in [2.24, 2.45) is 0 Å². The van der Waals surface area contributed by atoms with Gasteiger partial charge in [0.15, 0.2) is 0 Å². The van der Waals surface area contributed by atoms with Crippen molar-refractivity contribution < 1.29 is 9.59 Å². The highest BCUT2D eigenvalue weighted by Crippen LogP contribution is 2.37. The number of thiophene rings is 1. The van der Waals surface area contributed by atoms with Crippen LogP contribution >= 0.6 is 11.3 Å². The van der Waals surface area contributed by atoms with Crippen LogP contribution in [-0.2, 0) is 24.3 Å². The Balaban J connectivity index is 1.53. The highest BCUT2D eigenvalue weighted by Gasteiger charge is 2.48. The molecule has 0 radical (unpaired) electrons. The molecule has 3 aromatic heterocycles. The predicted octanol–water partition coefficient (Wildman–Crippen LogP) is 4.91. The lowest BCUT2D eigenvalue weighted by Crippen LogP contribution is -2.64. The number of aryl methyl sites for hydroxylation is 1. The topological polar surface area (TPSA) is 67.2 Å². The molecule has 0 aromatic carbocycles. The largest absolute Gasteiger partial charge is 0.351 e. The lowest BCUT2D eigenvalue weighted by atomic mass is 9.93. The molecule has 0 bridgehead atoms. The minimum atomic E-state index is -0.980. The molecular formula is C26H32N4O2S. The van der Waals surface area contributed by atoms with Gasteiger partial charge >= 0.3 is 0 Å². The number of amides is 2. The van der Waals surface area contributed by atoms with E-state index in [0.717, 1.165) is 47.9 Å². The molecule has 1 aliphatic heterocycles. The van der Waals surface area contributed by atoms with Crippen LogP contribution in [0.2, 0.25) is 0 Å². The molecule has 4 heterocycles. The van der Waals surface area contributed by atoms with Crippen LogP contribution in [-0.4, -0.2) is 37.8 Å². The van der Waals surface area contributed by atoms with Crippen LogP contribution in [0.5, 0.6) is 0 Å². The Morgan fingerprint density at radius 1 is 1.24 bits per heavy atom. The number of carbonyl (C=O) groups is 2. The van der Waals surface area contributed by atoms with E-state index in [-0.39, 0.29) is 17.9 Å². The number of pyridine rings is 1. The first kappa shape index (κ1) is 22.1. The highest BCUT2D eigenvalue weighted by atomic mass is 32.1. The summed E-state index contributed by atoms with van der Waals surface area (Å²) < 4.78 is 3.18. The van der Waals surface area contributed by atoms with Gasteiger partial charge in [-0.3, -0.25) is 14.6 Å². The summed E-state index contributed by atoms with van der Waals surface area (Å²) in [5, 5.41) is 3.33. The summed E-state index contributed by atoms with van der Waals surface area (Å²) in [7, 11) is 0. The van der Waals surface area contributed by atoms with Gasteiger partial charge in [-0.25, -0.2) is 0 Å². The van der Waals surface area contributed by atoms with E-state index in [9.17, 15) is 9.59 Å². The Kier molecular flexibility index (Phi) is 5.99. The van der Waals surface area contributed by atoms with Crippen molar-refractivity contribution in [1.29, 1.82) is 0 Å². The molecule has 1 N–H and O–H groups in total. The number of aromatic nitrogens is 2. The molecule has 3 aromatic rings. The van der Waals surface area contributed by atoms with Gasteiger partial charge in [-0.05, 0) is 49.9 Å². The first-order valence-corrected chi connectivity index (χ1v) is 12.9. The van der Waals surface area contributed by atoms with E-state index >= 15 is 0 Å². The van der Waals surface area contributed by atoms with Crippen molar-refractivity contribution in [3.63, 3.8) is 0 Å². The summed E-state index contributed by atoms with van der Waals surface area (Å²) in [6.45, 7) is 4.89. The molecule has 0 spiro atoms. The summed E-state index contributed by atoms with van der Waals surface area (Å²) in [6, 6.07) is 8.20. The molecule has 1 fully saturated rings. The van der Waals surface area contributed by atoms with Gasteiger partial charge in [-0.15, -0.1) is 11.3 Å². The van der Waals surface area contributed by atoms with E-state index in [4.69, 9.17) is 0 Å². The standard InChI is InChI=1S/C26H32N4O2S/c1-3-20-13-21-23(33-20)14-22-24(31)30(16-18-9-8-12-27-15-18)26(2,17-29(21)22)25(32)28-19-10-6-4-5-7-11-19/h8-9,12-15,19H,3-7,10-11,16-17H2,1-2H3,(H,28,32). The van der Waals surface area contributed by atoms with E-state index in [0.29, 0.717) is 18.8 Å². The van der Waals surface area contributed by atoms with Crippen molar-refractivity contribution in [1.82, 2.24) is 19.8 Å². The third kappa shape index (κ3) is 4.07. The van der Waals surface area contributed by atoms with Gasteiger partial charge in [0.25, 0.3) is 5.91 Å². The van der Waals surface area contributed by atoms with Crippen molar-refractivity contribution >= 4 is 33.4 Å². The number of carbonyl (C=O) groups excluding carboxylic acids is 2. The second kappa shape index (κ2) is 8.93. The number of nitrogens with zero attached hydrogens (tertiary/aromatic N) is 3. The van der Waals surface area contributed by atoms with Crippen molar-refractivity contribution in [2.45, 2.75) is 83.5 Å². The van der Waals surface area contributed by atoms with E-state index < -0.39 is 5.54 Å². The summed E-state index contributed by atoms with van der Waals surface area (Å²) in [5.41, 5.74) is 1.68. The summed E-state index contributed by atoms with van der Waals surface area (Å²) in [6.07, 6.45) is 11.3. The fraction of sp³-hybridized carbons (Fsp3) is 0.500. The van der Waals surface area contributed by atoms with Crippen molar-refractivity contribution in [2.75, 3.05) is 0 Å². The van der Waals surface area contributed by atoms with Crippen LogP contribution in [0.4, 0.5) is 0 Å². The van der Waals surface area contributed by atoms with Gasteiger partial charge in [-0.2, -0.15) is 0 Å². The quantitative estimate of drug-likeness (QED) is 0.546. The number of fused-ring (bicyclic) bond motifs is 3. The van der Waals surface area contributed by atoms with E-state index in [1.54, 1.807) is 28.6 Å². The van der Waals surface area contributed by atoms with Gasteiger partial charge in [0, 0.05) is 29.9 Å². The molecular weight excluding hydrogens is 432 g/mol. The Morgan fingerprint density at radius 3 is 2.73 bits per heavy atom. The molecule has 7 heteroatoms. The normalized spacial score (nSPS) is 21.8. The van der Waals surface area contributed by atoms with Gasteiger partial charge in [0.1, 0.15) is 11.2 Å². The smallest absolute Gasteiger partial charge is 0.271 e. The minimum absolute atomic E-state index is 0.0508. The maximum atomic E-state index is 13.8. The van der Waals surface area contributed by atoms with Crippen LogP contribution < -0.4 is 5.32 Å². The fourth-order valence-electron chi connectivity index (χ4n) is 5.25. The van der Waals surface area contributed by atoms with Gasteiger partial charge < -0.3 is 14.8 Å². The van der Waals surface area contributed by atoms with Gasteiger partial charge in [-0.1, -0.05) is 38.7 Å². The Hall–Kier alpha value is -2.67. The van der Waals surface area contributed by atoms with Gasteiger partial charge in [0.2, 0.25) is 5.91 Å². The Morgan fingerprint density at radius 2 is 2.03 bits per heavy atom. The van der Waals surface area contributed by atoms with Crippen LogP contribution in [0, 0.1) is 0 Å². The average molecular weight is 465 g/mol. The summed E-state index contributed by atoms with van der Waals surface area (Å²) >= 11 is 1.74. The molecule has 1 atom stereocenters. The van der Waals surface area contributed by atoms with E-state index in [2.05, 4.69) is 27.9 Å². The molecule has 174 valence electrons. The molecule has 2 aliphatic rings. The maximum Gasteiger partial charge on any atom is 0.271 e. The number of hydrogen-bond acceptors (Lipinski definition) is 4. The molecule has 6 nitrogen and oxygen atoms in total. The van der Waals surface area contributed by atoms with Crippen molar-refractivity contribution in [3.05, 3.63) is 52.8 Å².